The Bertz CT molecular complexity index is 375. The third kappa shape index (κ3) is 27.2. The molecule has 0 bridgehead atoms. The molecule has 0 saturated heterocycles. The third-order valence-electron chi connectivity index (χ3n) is 6.15. The van der Waals surface area contributed by atoms with Crippen LogP contribution in [-0.4, -0.2) is 12.6 Å². The number of rotatable bonds is 25. The van der Waals surface area contributed by atoms with Gasteiger partial charge in [-0.3, -0.25) is 4.79 Å². The fourth-order valence-electron chi connectivity index (χ4n) is 4.01. The van der Waals surface area contributed by atoms with Crippen LogP contribution in [0, 0.1) is 0 Å². The molecule has 0 aromatic carbocycles. The van der Waals surface area contributed by atoms with E-state index < -0.39 is 0 Å². The zero-order valence-corrected chi connectivity index (χ0v) is 21.4. The van der Waals surface area contributed by atoms with E-state index in [0.29, 0.717) is 13.0 Å². The SMILES string of the molecule is CCCCCCCC=CCCCCCCCOC(=O)CCCCCCCCCCCC. The molecule has 0 radical (unpaired) electrons. The van der Waals surface area contributed by atoms with Crippen molar-refractivity contribution in [1.82, 2.24) is 0 Å². The first-order chi connectivity index (χ1) is 15.3. The molecule has 2 nitrogen and oxygen atoms in total. The average molecular weight is 437 g/mol. The second-order valence-corrected chi connectivity index (χ2v) is 9.38. The molecule has 0 unspecified atom stereocenters. The van der Waals surface area contributed by atoms with Crippen molar-refractivity contribution in [3.63, 3.8) is 0 Å². The molecule has 31 heavy (non-hydrogen) atoms. The number of allylic oxidation sites excluding steroid dienone is 2. The Morgan fingerprint density at radius 1 is 0.516 bits per heavy atom. The van der Waals surface area contributed by atoms with Crippen molar-refractivity contribution in [3.8, 4) is 0 Å². The average Bonchev–Trinajstić information content (AvgIpc) is 2.77. The van der Waals surface area contributed by atoms with E-state index in [0.717, 1.165) is 12.8 Å². The summed E-state index contributed by atoms with van der Waals surface area (Å²) in [5, 5.41) is 0. The molecular weight excluding hydrogens is 380 g/mol. The topological polar surface area (TPSA) is 26.3 Å². The van der Waals surface area contributed by atoms with E-state index in [1.165, 1.54) is 128 Å². The molecule has 0 amide bonds. The van der Waals surface area contributed by atoms with Crippen LogP contribution in [0.5, 0.6) is 0 Å². The van der Waals surface area contributed by atoms with E-state index in [2.05, 4.69) is 26.0 Å². The van der Waals surface area contributed by atoms with Gasteiger partial charge >= 0.3 is 5.97 Å². The first-order valence-electron chi connectivity index (χ1n) is 14.1. The van der Waals surface area contributed by atoms with Crippen LogP contribution in [0.4, 0.5) is 0 Å². The minimum atomic E-state index is 0.0133. The molecule has 0 saturated carbocycles. The summed E-state index contributed by atoms with van der Waals surface area (Å²) in [5.74, 6) is 0.0133. The molecule has 0 aromatic heterocycles. The zero-order chi connectivity index (χ0) is 22.7. The van der Waals surface area contributed by atoms with Gasteiger partial charge < -0.3 is 4.74 Å². The van der Waals surface area contributed by atoms with Gasteiger partial charge in [0.25, 0.3) is 0 Å². The van der Waals surface area contributed by atoms with E-state index in [9.17, 15) is 4.79 Å². The predicted octanol–water partition coefficient (Wildman–Crippen LogP) is 10.1. The van der Waals surface area contributed by atoms with E-state index in [4.69, 9.17) is 4.74 Å². The van der Waals surface area contributed by atoms with Crippen LogP contribution < -0.4 is 0 Å². The van der Waals surface area contributed by atoms with Crippen molar-refractivity contribution in [2.24, 2.45) is 0 Å². The maximum Gasteiger partial charge on any atom is 0.305 e. The molecule has 0 aliphatic rings. The Morgan fingerprint density at radius 2 is 0.903 bits per heavy atom. The molecule has 0 N–H and O–H groups in total. The second-order valence-electron chi connectivity index (χ2n) is 9.38. The highest BCUT2D eigenvalue weighted by Crippen LogP contribution is 2.12. The number of esters is 1. The van der Waals surface area contributed by atoms with Crippen molar-refractivity contribution in [2.45, 2.75) is 162 Å². The van der Waals surface area contributed by atoms with Crippen LogP contribution in [0.3, 0.4) is 0 Å². The van der Waals surface area contributed by atoms with Crippen LogP contribution in [0.25, 0.3) is 0 Å². The number of hydrogen-bond acceptors (Lipinski definition) is 2. The maximum atomic E-state index is 11.8. The monoisotopic (exact) mass is 436 g/mol. The smallest absolute Gasteiger partial charge is 0.305 e. The normalized spacial score (nSPS) is 11.4. The first-order valence-corrected chi connectivity index (χ1v) is 14.1. The molecule has 0 aliphatic carbocycles. The Balaban J connectivity index is 3.19. The lowest BCUT2D eigenvalue weighted by molar-refractivity contribution is -0.143. The van der Waals surface area contributed by atoms with Gasteiger partial charge in [-0.15, -0.1) is 0 Å². The Labute approximate surface area is 196 Å². The Kier molecular flexibility index (Phi) is 26.5. The maximum absolute atomic E-state index is 11.8. The summed E-state index contributed by atoms with van der Waals surface area (Å²) in [7, 11) is 0. The Hall–Kier alpha value is -0.790. The molecule has 0 fully saturated rings. The zero-order valence-electron chi connectivity index (χ0n) is 21.4. The van der Waals surface area contributed by atoms with Crippen LogP contribution >= 0.6 is 0 Å². The van der Waals surface area contributed by atoms with E-state index in [1.54, 1.807) is 0 Å². The van der Waals surface area contributed by atoms with E-state index in [-0.39, 0.29) is 5.97 Å². The Morgan fingerprint density at radius 3 is 1.39 bits per heavy atom. The van der Waals surface area contributed by atoms with Crippen LogP contribution in [0.2, 0.25) is 0 Å². The van der Waals surface area contributed by atoms with Crippen molar-refractivity contribution >= 4 is 5.97 Å². The third-order valence-corrected chi connectivity index (χ3v) is 6.15. The van der Waals surface area contributed by atoms with Crippen LogP contribution in [0.15, 0.2) is 12.2 Å². The minimum Gasteiger partial charge on any atom is -0.466 e. The van der Waals surface area contributed by atoms with Crippen LogP contribution in [0.1, 0.15) is 162 Å². The van der Waals surface area contributed by atoms with Gasteiger partial charge in [0.2, 0.25) is 0 Å². The number of unbranched alkanes of at least 4 members (excludes halogenated alkanes) is 19. The van der Waals surface area contributed by atoms with Gasteiger partial charge in [-0.2, -0.15) is 0 Å². The van der Waals surface area contributed by atoms with Crippen molar-refractivity contribution in [1.29, 1.82) is 0 Å². The van der Waals surface area contributed by atoms with Gasteiger partial charge in [0.05, 0.1) is 6.61 Å². The highest BCUT2D eigenvalue weighted by molar-refractivity contribution is 5.69. The van der Waals surface area contributed by atoms with Gasteiger partial charge in [-0.25, -0.2) is 0 Å². The summed E-state index contributed by atoms with van der Waals surface area (Å²) in [6.07, 6.45) is 33.8. The number of carbonyl (C=O) groups excluding carboxylic acids is 1. The van der Waals surface area contributed by atoms with E-state index >= 15 is 0 Å². The van der Waals surface area contributed by atoms with Crippen molar-refractivity contribution in [3.05, 3.63) is 12.2 Å². The molecule has 0 aromatic rings. The highest BCUT2D eigenvalue weighted by Gasteiger charge is 2.02. The number of hydrogen-bond donors (Lipinski definition) is 0. The van der Waals surface area contributed by atoms with Gasteiger partial charge in [0.1, 0.15) is 0 Å². The summed E-state index contributed by atoms with van der Waals surface area (Å²) in [6, 6.07) is 0. The van der Waals surface area contributed by atoms with Gasteiger partial charge in [-0.1, -0.05) is 129 Å². The summed E-state index contributed by atoms with van der Waals surface area (Å²) in [5.41, 5.74) is 0. The summed E-state index contributed by atoms with van der Waals surface area (Å²) in [4.78, 5) is 11.8. The summed E-state index contributed by atoms with van der Waals surface area (Å²) in [6.45, 7) is 5.16. The molecule has 0 aliphatic heterocycles. The van der Waals surface area contributed by atoms with E-state index in [1.807, 2.05) is 0 Å². The number of ether oxygens (including phenoxy) is 1. The molecule has 2 heteroatoms. The molecule has 0 heterocycles. The molecular formula is C29H56O2. The lowest BCUT2D eigenvalue weighted by Gasteiger charge is -2.05. The lowest BCUT2D eigenvalue weighted by atomic mass is 10.1. The van der Waals surface area contributed by atoms with Crippen molar-refractivity contribution in [2.75, 3.05) is 6.61 Å². The fourth-order valence-corrected chi connectivity index (χ4v) is 4.01. The van der Waals surface area contributed by atoms with Gasteiger partial charge in [0.15, 0.2) is 0 Å². The standard InChI is InChI=1S/C29H56O2/c1-3-5-7-9-11-13-15-16-17-18-20-22-24-26-28-31-29(30)27-25-23-21-19-14-12-10-8-6-4-2/h15-16H,3-14,17-28H2,1-2H3. The highest BCUT2D eigenvalue weighted by atomic mass is 16.5. The predicted molar refractivity (Wildman–Crippen MR) is 138 cm³/mol. The summed E-state index contributed by atoms with van der Waals surface area (Å²) >= 11 is 0. The van der Waals surface area contributed by atoms with Gasteiger partial charge in [-0.05, 0) is 38.5 Å². The minimum absolute atomic E-state index is 0.0133. The fraction of sp³-hybridized carbons (Fsp3) is 0.897. The molecule has 0 rings (SSSR count). The van der Waals surface area contributed by atoms with Crippen LogP contribution in [-0.2, 0) is 9.53 Å². The number of carbonyl (C=O) groups is 1. The second kappa shape index (κ2) is 27.2. The first kappa shape index (κ1) is 30.2. The molecule has 184 valence electrons. The lowest BCUT2D eigenvalue weighted by Crippen LogP contribution is -2.05. The quantitative estimate of drug-likeness (QED) is 0.0808. The molecule has 0 atom stereocenters. The van der Waals surface area contributed by atoms with Gasteiger partial charge in [0, 0.05) is 6.42 Å². The largest absolute Gasteiger partial charge is 0.466 e. The molecule has 0 spiro atoms. The summed E-state index contributed by atoms with van der Waals surface area (Å²) < 4.78 is 5.38. The van der Waals surface area contributed by atoms with Crippen molar-refractivity contribution < 1.29 is 9.53 Å².